The Hall–Kier alpha value is -0.770. The van der Waals surface area contributed by atoms with Crippen LogP contribution in [-0.4, -0.2) is 43.2 Å². The van der Waals surface area contributed by atoms with Crippen LogP contribution in [0, 0.1) is 11.6 Å². The zero-order chi connectivity index (χ0) is 16.5. The van der Waals surface area contributed by atoms with Gasteiger partial charge in [0.1, 0.15) is 12.4 Å². The lowest BCUT2D eigenvalue weighted by atomic mass is 10.2. The molecule has 4 nitrogen and oxygen atoms in total. The van der Waals surface area contributed by atoms with Crippen LogP contribution in [0.3, 0.4) is 0 Å². The van der Waals surface area contributed by atoms with E-state index in [1.807, 2.05) is 18.7 Å². The second kappa shape index (κ2) is 11.7. The Labute approximate surface area is 163 Å². The third-order valence-corrected chi connectivity index (χ3v) is 4.76. The number of aliphatic imine (C=N–C) groups is 1. The van der Waals surface area contributed by atoms with Crippen LogP contribution in [0.15, 0.2) is 23.2 Å². The van der Waals surface area contributed by atoms with Crippen molar-refractivity contribution < 1.29 is 13.5 Å². The molecule has 0 saturated carbocycles. The van der Waals surface area contributed by atoms with Gasteiger partial charge in [0.2, 0.25) is 0 Å². The minimum Gasteiger partial charge on any atom is -0.492 e. The van der Waals surface area contributed by atoms with Gasteiger partial charge in [-0.2, -0.15) is 11.8 Å². The molecule has 1 aliphatic heterocycles. The summed E-state index contributed by atoms with van der Waals surface area (Å²) in [6.45, 7) is 4.48. The second-order valence-corrected chi connectivity index (χ2v) is 6.61. The number of nitrogens with zero attached hydrogens (tertiary/aromatic N) is 1. The summed E-state index contributed by atoms with van der Waals surface area (Å²) in [4.78, 5) is 4.57. The maximum atomic E-state index is 13.1. The highest BCUT2D eigenvalue weighted by molar-refractivity contribution is 14.0. The Kier molecular flexibility index (Phi) is 10.4. The van der Waals surface area contributed by atoms with Crippen molar-refractivity contribution in [1.29, 1.82) is 0 Å². The lowest BCUT2D eigenvalue weighted by Crippen LogP contribution is -2.39. The van der Waals surface area contributed by atoms with Gasteiger partial charge in [0, 0.05) is 17.9 Å². The van der Waals surface area contributed by atoms with Crippen LogP contribution in [0.4, 0.5) is 8.78 Å². The van der Waals surface area contributed by atoms with Gasteiger partial charge in [-0.1, -0.05) is 0 Å². The van der Waals surface area contributed by atoms with E-state index in [9.17, 15) is 8.78 Å². The van der Waals surface area contributed by atoms with Crippen LogP contribution in [0.2, 0.25) is 0 Å². The van der Waals surface area contributed by atoms with E-state index in [2.05, 4.69) is 15.6 Å². The minimum atomic E-state index is -0.903. The Morgan fingerprint density at radius 1 is 1.33 bits per heavy atom. The molecule has 136 valence electrons. The maximum absolute atomic E-state index is 13.1. The molecule has 2 rings (SSSR count). The number of rotatable bonds is 7. The predicted molar refractivity (Wildman–Crippen MR) is 107 cm³/mol. The number of guanidine groups is 1. The van der Waals surface area contributed by atoms with E-state index in [4.69, 9.17) is 4.74 Å². The molecule has 0 spiro atoms. The van der Waals surface area contributed by atoms with Crippen molar-refractivity contribution in [1.82, 2.24) is 10.6 Å². The fourth-order valence-corrected chi connectivity index (χ4v) is 3.41. The van der Waals surface area contributed by atoms with E-state index >= 15 is 0 Å². The van der Waals surface area contributed by atoms with Crippen molar-refractivity contribution in [2.24, 2.45) is 4.99 Å². The summed E-state index contributed by atoms with van der Waals surface area (Å²) in [7, 11) is 0. The van der Waals surface area contributed by atoms with E-state index in [-0.39, 0.29) is 24.0 Å². The van der Waals surface area contributed by atoms with Gasteiger partial charge in [0.15, 0.2) is 17.6 Å². The average molecular weight is 471 g/mol. The molecule has 2 N–H and O–H groups in total. The summed E-state index contributed by atoms with van der Waals surface area (Å²) >= 11 is 1.98. The Morgan fingerprint density at radius 2 is 2.17 bits per heavy atom. The van der Waals surface area contributed by atoms with Crippen molar-refractivity contribution in [3.05, 3.63) is 29.8 Å². The van der Waals surface area contributed by atoms with E-state index in [1.165, 1.54) is 24.7 Å². The average Bonchev–Trinajstić information content (AvgIpc) is 3.06. The van der Waals surface area contributed by atoms with Gasteiger partial charge in [-0.25, -0.2) is 8.78 Å². The van der Waals surface area contributed by atoms with Crippen LogP contribution in [0.1, 0.15) is 19.8 Å². The molecule has 8 heteroatoms. The van der Waals surface area contributed by atoms with E-state index in [0.29, 0.717) is 24.2 Å². The highest BCUT2D eigenvalue weighted by Gasteiger charge is 2.14. The Bertz CT molecular complexity index is 528. The molecule has 0 radical (unpaired) electrons. The summed E-state index contributed by atoms with van der Waals surface area (Å²) in [6.07, 6.45) is 2.50. The number of thioether (sulfide) groups is 1. The molecule has 1 fully saturated rings. The van der Waals surface area contributed by atoms with Gasteiger partial charge >= 0.3 is 0 Å². The largest absolute Gasteiger partial charge is 0.492 e. The van der Waals surface area contributed by atoms with Crippen molar-refractivity contribution >= 4 is 41.7 Å². The topological polar surface area (TPSA) is 45.7 Å². The van der Waals surface area contributed by atoms with E-state index in [0.717, 1.165) is 31.2 Å². The molecule has 1 aromatic carbocycles. The first kappa shape index (κ1) is 21.3. The molecule has 0 aliphatic carbocycles. The van der Waals surface area contributed by atoms with Crippen LogP contribution in [0.25, 0.3) is 0 Å². The summed E-state index contributed by atoms with van der Waals surface area (Å²) in [5.41, 5.74) is 0. The van der Waals surface area contributed by atoms with Crippen molar-refractivity contribution in [3.63, 3.8) is 0 Å². The molecule has 0 aromatic heterocycles. The SMILES string of the molecule is CCNC(=NCC1CCCS1)NCCOc1ccc(F)c(F)c1.I. The summed E-state index contributed by atoms with van der Waals surface area (Å²) in [6, 6.07) is 3.52. The second-order valence-electron chi connectivity index (χ2n) is 5.21. The molecule has 1 saturated heterocycles. The number of ether oxygens (including phenoxy) is 1. The van der Waals surface area contributed by atoms with E-state index in [1.54, 1.807) is 0 Å². The molecule has 1 unspecified atom stereocenters. The molecular weight excluding hydrogens is 447 g/mol. The highest BCUT2D eigenvalue weighted by atomic mass is 127. The number of hydrogen-bond acceptors (Lipinski definition) is 3. The number of hydrogen-bond donors (Lipinski definition) is 2. The van der Waals surface area contributed by atoms with Crippen LogP contribution in [0.5, 0.6) is 5.75 Å². The fraction of sp³-hybridized carbons (Fsp3) is 0.562. The van der Waals surface area contributed by atoms with Crippen LogP contribution >= 0.6 is 35.7 Å². The zero-order valence-corrected chi connectivity index (χ0v) is 16.8. The highest BCUT2D eigenvalue weighted by Crippen LogP contribution is 2.25. The van der Waals surface area contributed by atoms with Crippen LogP contribution < -0.4 is 15.4 Å². The van der Waals surface area contributed by atoms with Gasteiger partial charge in [-0.05, 0) is 37.7 Å². The first-order valence-corrected chi connectivity index (χ1v) is 8.95. The fourth-order valence-electron chi connectivity index (χ4n) is 2.23. The number of halogens is 3. The minimum absolute atomic E-state index is 0. The van der Waals surface area contributed by atoms with Gasteiger partial charge in [0.25, 0.3) is 0 Å². The van der Waals surface area contributed by atoms with Crippen molar-refractivity contribution in [2.75, 3.05) is 32.0 Å². The molecule has 24 heavy (non-hydrogen) atoms. The summed E-state index contributed by atoms with van der Waals surface area (Å²) in [5.74, 6) is 0.525. The number of nitrogens with one attached hydrogen (secondary N) is 2. The third kappa shape index (κ3) is 7.42. The van der Waals surface area contributed by atoms with E-state index < -0.39 is 11.6 Å². The van der Waals surface area contributed by atoms with Gasteiger partial charge in [0.05, 0.1) is 13.1 Å². The van der Waals surface area contributed by atoms with Crippen molar-refractivity contribution in [2.45, 2.75) is 25.0 Å². The molecule has 1 aliphatic rings. The molecule has 1 aromatic rings. The zero-order valence-electron chi connectivity index (χ0n) is 13.7. The standard InChI is InChI=1S/C16H23F2N3OS.HI/c1-2-19-16(21-11-13-4-3-9-23-13)20-7-8-22-12-5-6-14(17)15(18)10-12;/h5-6,10,13H,2-4,7-9,11H2,1H3,(H2,19,20,21);1H. The summed E-state index contributed by atoms with van der Waals surface area (Å²) in [5, 5.41) is 6.98. The molecule has 1 atom stereocenters. The number of benzene rings is 1. The first-order chi connectivity index (χ1) is 11.2. The van der Waals surface area contributed by atoms with Crippen molar-refractivity contribution in [3.8, 4) is 5.75 Å². The molecule has 0 bridgehead atoms. The quantitative estimate of drug-likeness (QED) is 0.277. The summed E-state index contributed by atoms with van der Waals surface area (Å²) < 4.78 is 31.3. The lowest BCUT2D eigenvalue weighted by molar-refractivity contribution is 0.318. The van der Waals surface area contributed by atoms with Crippen LogP contribution in [-0.2, 0) is 0 Å². The first-order valence-electron chi connectivity index (χ1n) is 7.90. The maximum Gasteiger partial charge on any atom is 0.191 e. The van der Waals surface area contributed by atoms with Gasteiger partial charge in [-0.3, -0.25) is 4.99 Å². The molecular formula is C16H24F2IN3OS. The molecule has 0 amide bonds. The smallest absolute Gasteiger partial charge is 0.191 e. The predicted octanol–water partition coefficient (Wildman–Crippen LogP) is 3.41. The lowest BCUT2D eigenvalue weighted by Gasteiger charge is -2.13. The molecule has 1 heterocycles. The van der Waals surface area contributed by atoms with Gasteiger partial charge in [-0.15, -0.1) is 24.0 Å². The Morgan fingerprint density at radius 3 is 2.83 bits per heavy atom. The monoisotopic (exact) mass is 471 g/mol. The third-order valence-electron chi connectivity index (χ3n) is 3.38. The normalized spacial score (nSPS) is 17.3. The Balaban J connectivity index is 0.00000288. The van der Waals surface area contributed by atoms with Gasteiger partial charge < -0.3 is 15.4 Å².